The molecule has 1 N–H and O–H groups in total. The maximum Gasteiger partial charge on any atom is 0.176 e. The molecule has 70 valence electrons. The Morgan fingerprint density at radius 1 is 1.54 bits per heavy atom. The van der Waals surface area contributed by atoms with Crippen LogP contribution in [0.15, 0.2) is 22.7 Å². The predicted molar refractivity (Wildman–Crippen MR) is 57.1 cm³/mol. The molecule has 1 aromatic rings. The normalized spacial score (nSPS) is 10.1. The lowest BCUT2D eigenvalue weighted by molar-refractivity contribution is 0.0993. The van der Waals surface area contributed by atoms with Gasteiger partial charge in [-0.25, -0.2) is 0 Å². The molecule has 0 saturated heterocycles. The predicted octanol–water partition coefficient (Wildman–Crippen LogP) is 2.16. The van der Waals surface area contributed by atoms with Crippen molar-refractivity contribution in [3.8, 4) is 0 Å². The SMILES string of the molecule is CNCC(=O)c1ccc(Br)cc1C. The number of rotatable bonds is 3. The van der Waals surface area contributed by atoms with Crippen LogP contribution in [0.5, 0.6) is 0 Å². The fourth-order valence-electron chi connectivity index (χ4n) is 1.20. The van der Waals surface area contributed by atoms with Gasteiger partial charge in [0.15, 0.2) is 5.78 Å². The molecule has 0 atom stereocenters. The van der Waals surface area contributed by atoms with Gasteiger partial charge in [-0.1, -0.05) is 15.9 Å². The minimum Gasteiger partial charge on any atom is -0.313 e. The first-order valence-corrected chi connectivity index (χ1v) is 4.88. The Labute approximate surface area is 86.5 Å². The van der Waals surface area contributed by atoms with Gasteiger partial charge in [-0.2, -0.15) is 0 Å². The van der Waals surface area contributed by atoms with Crippen LogP contribution in [0.3, 0.4) is 0 Å². The molecule has 0 heterocycles. The van der Waals surface area contributed by atoms with Gasteiger partial charge in [-0.05, 0) is 37.7 Å². The van der Waals surface area contributed by atoms with Crippen molar-refractivity contribution in [3.05, 3.63) is 33.8 Å². The first-order chi connectivity index (χ1) is 6.15. The van der Waals surface area contributed by atoms with E-state index < -0.39 is 0 Å². The summed E-state index contributed by atoms with van der Waals surface area (Å²) in [7, 11) is 1.77. The van der Waals surface area contributed by atoms with Crippen LogP contribution >= 0.6 is 15.9 Å². The zero-order valence-corrected chi connectivity index (χ0v) is 9.31. The molecule has 0 saturated carbocycles. The molecule has 0 aromatic heterocycles. The number of nitrogens with one attached hydrogen (secondary N) is 1. The smallest absolute Gasteiger partial charge is 0.176 e. The summed E-state index contributed by atoms with van der Waals surface area (Å²) in [5, 5.41) is 2.85. The monoisotopic (exact) mass is 241 g/mol. The number of carbonyl (C=O) groups is 1. The lowest BCUT2D eigenvalue weighted by atomic mass is 10.1. The first kappa shape index (κ1) is 10.4. The lowest BCUT2D eigenvalue weighted by Crippen LogP contribution is -2.19. The molecule has 0 bridgehead atoms. The number of Topliss-reactive ketones (excluding diaryl/α,β-unsaturated/α-hetero) is 1. The van der Waals surface area contributed by atoms with Crippen LogP contribution in [-0.2, 0) is 0 Å². The Hall–Kier alpha value is -0.670. The maximum absolute atomic E-state index is 11.5. The molecule has 0 aliphatic rings. The van der Waals surface area contributed by atoms with Crippen LogP contribution in [0.25, 0.3) is 0 Å². The highest BCUT2D eigenvalue weighted by Gasteiger charge is 2.07. The number of ketones is 1. The Bertz CT molecular complexity index is 323. The number of carbonyl (C=O) groups excluding carboxylic acids is 1. The van der Waals surface area contributed by atoms with Crippen LogP contribution in [0.1, 0.15) is 15.9 Å². The molecule has 0 aliphatic heterocycles. The van der Waals surface area contributed by atoms with E-state index in [0.717, 1.165) is 15.6 Å². The van der Waals surface area contributed by atoms with Gasteiger partial charge in [0.05, 0.1) is 6.54 Å². The largest absolute Gasteiger partial charge is 0.313 e. The van der Waals surface area contributed by atoms with Crippen molar-refractivity contribution in [2.75, 3.05) is 13.6 Å². The summed E-state index contributed by atoms with van der Waals surface area (Å²) in [5.41, 5.74) is 1.80. The second-order valence-electron chi connectivity index (χ2n) is 2.91. The van der Waals surface area contributed by atoms with Crippen molar-refractivity contribution >= 4 is 21.7 Å². The van der Waals surface area contributed by atoms with E-state index in [1.165, 1.54) is 0 Å². The molecule has 0 radical (unpaired) electrons. The molecule has 2 nitrogen and oxygen atoms in total. The maximum atomic E-state index is 11.5. The van der Waals surface area contributed by atoms with Crippen molar-refractivity contribution in [3.63, 3.8) is 0 Å². The zero-order chi connectivity index (χ0) is 9.84. The van der Waals surface area contributed by atoms with Crippen LogP contribution in [0, 0.1) is 6.92 Å². The van der Waals surface area contributed by atoms with E-state index in [1.54, 1.807) is 7.05 Å². The van der Waals surface area contributed by atoms with E-state index in [9.17, 15) is 4.79 Å². The van der Waals surface area contributed by atoms with E-state index in [4.69, 9.17) is 0 Å². The summed E-state index contributed by atoms with van der Waals surface area (Å²) in [6, 6.07) is 5.68. The molecule has 0 spiro atoms. The third-order valence-electron chi connectivity index (χ3n) is 1.83. The number of aryl methyl sites for hydroxylation is 1. The Morgan fingerprint density at radius 2 is 2.23 bits per heavy atom. The molecule has 0 fully saturated rings. The second-order valence-corrected chi connectivity index (χ2v) is 3.83. The van der Waals surface area contributed by atoms with Crippen LogP contribution in [-0.4, -0.2) is 19.4 Å². The quantitative estimate of drug-likeness (QED) is 0.823. The van der Waals surface area contributed by atoms with E-state index >= 15 is 0 Å². The highest BCUT2D eigenvalue weighted by Crippen LogP contribution is 2.15. The minimum atomic E-state index is 0.132. The Balaban J connectivity index is 2.95. The Kier molecular flexibility index (Phi) is 3.63. The number of hydrogen-bond donors (Lipinski definition) is 1. The topological polar surface area (TPSA) is 29.1 Å². The van der Waals surface area contributed by atoms with Crippen molar-refractivity contribution in [1.29, 1.82) is 0 Å². The zero-order valence-electron chi connectivity index (χ0n) is 7.73. The number of hydrogen-bond acceptors (Lipinski definition) is 2. The van der Waals surface area contributed by atoms with Crippen LogP contribution < -0.4 is 5.32 Å². The summed E-state index contributed by atoms with van der Waals surface area (Å²) < 4.78 is 1.01. The third kappa shape index (κ3) is 2.64. The molecule has 0 amide bonds. The number of halogens is 1. The second kappa shape index (κ2) is 4.53. The Morgan fingerprint density at radius 3 is 2.77 bits per heavy atom. The first-order valence-electron chi connectivity index (χ1n) is 4.09. The van der Waals surface area contributed by atoms with Crippen molar-refractivity contribution < 1.29 is 4.79 Å². The van der Waals surface area contributed by atoms with E-state index in [1.807, 2.05) is 25.1 Å². The van der Waals surface area contributed by atoms with E-state index in [0.29, 0.717) is 6.54 Å². The van der Waals surface area contributed by atoms with E-state index in [2.05, 4.69) is 21.2 Å². The molecule has 1 aromatic carbocycles. The summed E-state index contributed by atoms with van der Waals surface area (Å²) in [6.45, 7) is 2.33. The average molecular weight is 242 g/mol. The standard InChI is InChI=1S/C10H12BrNO/c1-7-5-8(11)3-4-9(7)10(13)6-12-2/h3-5,12H,6H2,1-2H3. The van der Waals surface area contributed by atoms with Crippen molar-refractivity contribution in [1.82, 2.24) is 5.32 Å². The van der Waals surface area contributed by atoms with Gasteiger partial charge in [0.2, 0.25) is 0 Å². The molecular weight excluding hydrogens is 230 g/mol. The number of benzene rings is 1. The van der Waals surface area contributed by atoms with Gasteiger partial charge in [0.25, 0.3) is 0 Å². The molecule has 13 heavy (non-hydrogen) atoms. The molecule has 3 heteroatoms. The highest BCUT2D eigenvalue weighted by molar-refractivity contribution is 9.10. The van der Waals surface area contributed by atoms with Gasteiger partial charge in [0, 0.05) is 10.0 Å². The fourth-order valence-corrected chi connectivity index (χ4v) is 1.67. The van der Waals surface area contributed by atoms with Gasteiger partial charge < -0.3 is 5.32 Å². The van der Waals surface area contributed by atoms with Gasteiger partial charge in [-0.3, -0.25) is 4.79 Å². The molecular formula is C10H12BrNO. The van der Waals surface area contributed by atoms with Crippen LogP contribution in [0.2, 0.25) is 0 Å². The van der Waals surface area contributed by atoms with Crippen LogP contribution in [0.4, 0.5) is 0 Å². The van der Waals surface area contributed by atoms with E-state index in [-0.39, 0.29) is 5.78 Å². The van der Waals surface area contributed by atoms with Gasteiger partial charge in [0.1, 0.15) is 0 Å². The fraction of sp³-hybridized carbons (Fsp3) is 0.300. The molecule has 0 unspecified atom stereocenters. The highest BCUT2D eigenvalue weighted by atomic mass is 79.9. The minimum absolute atomic E-state index is 0.132. The lowest BCUT2D eigenvalue weighted by Gasteiger charge is -2.04. The summed E-state index contributed by atoms with van der Waals surface area (Å²) in [4.78, 5) is 11.5. The summed E-state index contributed by atoms with van der Waals surface area (Å²) >= 11 is 3.36. The summed E-state index contributed by atoms with van der Waals surface area (Å²) in [5.74, 6) is 0.132. The number of likely N-dealkylation sites (N-methyl/N-ethyl adjacent to an activating group) is 1. The summed E-state index contributed by atoms with van der Waals surface area (Å²) in [6.07, 6.45) is 0. The third-order valence-corrected chi connectivity index (χ3v) is 2.32. The molecule has 0 aliphatic carbocycles. The van der Waals surface area contributed by atoms with Crippen molar-refractivity contribution in [2.24, 2.45) is 0 Å². The van der Waals surface area contributed by atoms with Gasteiger partial charge >= 0.3 is 0 Å². The molecule has 1 rings (SSSR count). The average Bonchev–Trinajstić information content (AvgIpc) is 2.04. The van der Waals surface area contributed by atoms with Gasteiger partial charge in [-0.15, -0.1) is 0 Å². The van der Waals surface area contributed by atoms with Crippen molar-refractivity contribution in [2.45, 2.75) is 6.92 Å².